The molecule has 1 saturated heterocycles. The molecule has 1 aromatic heterocycles. The Bertz CT molecular complexity index is 703. The first-order valence-corrected chi connectivity index (χ1v) is 8.71. The van der Waals surface area contributed by atoms with E-state index in [0.29, 0.717) is 32.8 Å². The topological polar surface area (TPSA) is 72.3 Å². The van der Waals surface area contributed by atoms with E-state index in [2.05, 4.69) is 15.5 Å². The summed E-state index contributed by atoms with van der Waals surface area (Å²) in [6, 6.07) is 9.99. The van der Waals surface area contributed by atoms with Gasteiger partial charge in [-0.3, -0.25) is 0 Å². The second kappa shape index (κ2) is 7.65. The Hall–Kier alpha value is -2.41. The number of aryl methyl sites for hydroxylation is 1. The zero-order valence-corrected chi connectivity index (χ0v) is 14.8. The van der Waals surface area contributed by atoms with E-state index in [1.165, 1.54) is 0 Å². The van der Waals surface area contributed by atoms with E-state index in [-0.39, 0.29) is 6.03 Å². The van der Waals surface area contributed by atoms with Crippen LogP contribution in [0.4, 0.5) is 4.79 Å². The molecular weight excluding hydrogens is 318 g/mol. The number of carbonyl (C=O) groups is 1. The molecule has 134 valence electrons. The first-order valence-electron chi connectivity index (χ1n) is 8.71. The van der Waals surface area contributed by atoms with Gasteiger partial charge in [-0.2, -0.15) is 0 Å². The molecule has 0 saturated carbocycles. The number of ether oxygens (including phenoxy) is 1. The van der Waals surface area contributed by atoms with E-state index in [1.54, 1.807) is 6.33 Å². The van der Waals surface area contributed by atoms with Crippen LogP contribution in [-0.4, -0.2) is 51.9 Å². The fourth-order valence-corrected chi connectivity index (χ4v) is 3.14. The molecule has 1 aliphatic heterocycles. The standard InChI is InChI=1S/C18H25N5O2/c1-3-16-21-20-14-23(16)10-9-19-17(24)22-11-12-25-18(2,13-22)15-7-5-4-6-8-15/h4-8,14H,3,9-13H2,1-2H3,(H,19,24)/t18-/m0/s1. The molecule has 1 aromatic carbocycles. The molecule has 25 heavy (non-hydrogen) atoms. The summed E-state index contributed by atoms with van der Waals surface area (Å²) >= 11 is 0. The minimum absolute atomic E-state index is 0.0587. The molecule has 2 aromatic rings. The predicted molar refractivity (Wildman–Crippen MR) is 94.1 cm³/mol. The molecule has 2 heterocycles. The molecule has 7 nitrogen and oxygen atoms in total. The highest BCUT2D eigenvalue weighted by Gasteiger charge is 2.35. The summed E-state index contributed by atoms with van der Waals surface area (Å²) in [7, 11) is 0. The first-order chi connectivity index (χ1) is 12.1. The first kappa shape index (κ1) is 17.4. The zero-order chi connectivity index (χ0) is 17.7. The van der Waals surface area contributed by atoms with Gasteiger partial charge in [-0.15, -0.1) is 10.2 Å². The fourth-order valence-electron chi connectivity index (χ4n) is 3.14. The summed E-state index contributed by atoms with van der Waals surface area (Å²) < 4.78 is 7.95. The molecule has 1 atom stereocenters. The maximum absolute atomic E-state index is 12.5. The number of morpholine rings is 1. The normalized spacial score (nSPS) is 20.5. The van der Waals surface area contributed by atoms with Gasteiger partial charge in [0.1, 0.15) is 17.8 Å². The highest BCUT2D eigenvalue weighted by molar-refractivity contribution is 5.74. The van der Waals surface area contributed by atoms with Gasteiger partial charge in [0, 0.05) is 26.1 Å². The average molecular weight is 343 g/mol. The van der Waals surface area contributed by atoms with Gasteiger partial charge >= 0.3 is 6.03 Å². The zero-order valence-electron chi connectivity index (χ0n) is 14.8. The van der Waals surface area contributed by atoms with Crippen molar-refractivity contribution in [3.63, 3.8) is 0 Å². The number of urea groups is 1. The van der Waals surface area contributed by atoms with Gasteiger partial charge in [0.2, 0.25) is 0 Å². The molecule has 0 aliphatic carbocycles. The van der Waals surface area contributed by atoms with Gasteiger partial charge < -0.3 is 19.5 Å². The van der Waals surface area contributed by atoms with Gasteiger partial charge in [0.15, 0.2) is 0 Å². The van der Waals surface area contributed by atoms with Crippen LogP contribution in [0, 0.1) is 0 Å². The number of nitrogens with zero attached hydrogens (tertiary/aromatic N) is 4. The second-order valence-corrected chi connectivity index (χ2v) is 6.39. The van der Waals surface area contributed by atoms with Crippen molar-refractivity contribution in [1.82, 2.24) is 25.0 Å². The SMILES string of the molecule is CCc1nncn1CCNC(=O)N1CCO[C@](C)(c2ccccc2)C1. The lowest BCUT2D eigenvalue weighted by Gasteiger charge is -2.40. The van der Waals surface area contributed by atoms with E-state index >= 15 is 0 Å². The van der Waals surface area contributed by atoms with E-state index < -0.39 is 5.60 Å². The van der Waals surface area contributed by atoms with Gasteiger partial charge in [0.25, 0.3) is 0 Å². The molecule has 1 N–H and O–H groups in total. The Kier molecular flexibility index (Phi) is 5.33. The molecule has 1 fully saturated rings. The number of hydrogen-bond acceptors (Lipinski definition) is 4. The predicted octanol–water partition coefficient (Wildman–Crippen LogP) is 1.80. The number of rotatable bonds is 5. The van der Waals surface area contributed by atoms with Crippen molar-refractivity contribution in [3.8, 4) is 0 Å². The Morgan fingerprint density at radius 2 is 2.16 bits per heavy atom. The monoisotopic (exact) mass is 343 g/mol. The van der Waals surface area contributed by atoms with Gasteiger partial charge in [-0.25, -0.2) is 4.79 Å². The van der Waals surface area contributed by atoms with Crippen LogP contribution >= 0.6 is 0 Å². The third kappa shape index (κ3) is 3.99. The van der Waals surface area contributed by atoms with E-state index in [4.69, 9.17) is 4.74 Å². The van der Waals surface area contributed by atoms with Crippen molar-refractivity contribution in [3.05, 3.63) is 48.0 Å². The van der Waals surface area contributed by atoms with Crippen LogP contribution in [0.25, 0.3) is 0 Å². The maximum Gasteiger partial charge on any atom is 0.317 e. The van der Waals surface area contributed by atoms with Gasteiger partial charge in [-0.1, -0.05) is 37.3 Å². The summed E-state index contributed by atoms with van der Waals surface area (Å²) in [5, 5.41) is 10.9. The van der Waals surface area contributed by atoms with Crippen LogP contribution in [0.2, 0.25) is 0 Å². The van der Waals surface area contributed by atoms with Crippen molar-refractivity contribution >= 4 is 6.03 Å². The number of aromatic nitrogens is 3. The molecule has 0 spiro atoms. The van der Waals surface area contributed by atoms with Crippen molar-refractivity contribution in [2.24, 2.45) is 0 Å². The Labute approximate surface area is 148 Å². The lowest BCUT2D eigenvalue weighted by atomic mass is 9.94. The van der Waals surface area contributed by atoms with Crippen molar-refractivity contribution in [1.29, 1.82) is 0 Å². The molecular formula is C18H25N5O2. The molecule has 7 heteroatoms. The van der Waals surface area contributed by atoms with Crippen LogP contribution in [0.5, 0.6) is 0 Å². The number of benzene rings is 1. The molecule has 2 amide bonds. The van der Waals surface area contributed by atoms with Gasteiger partial charge in [-0.05, 0) is 12.5 Å². The third-order valence-electron chi connectivity index (χ3n) is 4.59. The van der Waals surface area contributed by atoms with Crippen LogP contribution in [0.1, 0.15) is 25.2 Å². The molecule has 0 unspecified atom stereocenters. The number of amides is 2. The smallest absolute Gasteiger partial charge is 0.317 e. The second-order valence-electron chi connectivity index (χ2n) is 6.39. The van der Waals surface area contributed by atoms with E-state index in [0.717, 1.165) is 17.8 Å². The van der Waals surface area contributed by atoms with Crippen LogP contribution in [0.3, 0.4) is 0 Å². The number of hydrogen-bond donors (Lipinski definition) is 1. The quantitative estimate of drug-likeness (QED) is 0.898. The largest absolute Gasteiger partial charge is 0.367 e. The summed E-state index contributed by atoms with van der Waals surface area (Å²) in [5.74, 6) is 0.928. The Morgan fingerprint density at radius 3 is 2.92 bits per heavy atom. The van der Waals surface area contributed by atoms with Crippen LogP contribution in [-0.2, 0) is 23.3 Å². The average Bonchev–Trinajstić information content (AvgIpc) is 3.10. The minimum Gasteiger partial charge on any atom is -0.367 e. The highest BCUT2D eigenvalue weighted by Crippen LogP contribution is 2.29. The van der Waals surface area contributed by atoms with Crippen molar-refractivity contribution in [2.45, 2.75) is 32.4 Å². The van der Waals surface area contributed by atoms with E-state index in [1.807, 2.05) is 53.6 Å². The number of carbonyl (C=O) groups excluding carboxylic acids is 1. The minimum atomic E-state index is -0.472. The molecule has 0 bridgehead atoms. The molecule has 0 radical (unpaired) electrons. The summed E-state index contributed by atoms with van der Waals surface area (Å²) in [6.45, 7) is 6.95. The maximum atomic E-state index is 12.5. The lowest BCUT2D eigenvalue weighted by Crippen LogP contribution is -2.53. The summed E-state index contributed by atoms with van der Waals surface area (Å²) in [6.07, 6.45) is 2.53. The Morgan fingerprint density at radius 1 is 1.36 bits per heavy atom. The number of nitrogens with one attached hydrogen (secondary N) is 1. The summed E-state index contributed by atoms with van der Waals surface area (Å²) in [5.41, 5.74) is 0.616. The van der Waals surface area contributed by atoms with Gasteiger partial charge in [0.05, 0.1) is 13.2 Å². The van der Waals surface area contributed by atoms with Crippen molar-refractivity contribution < 1.29 is 9.53 Å². The van der Waals surface area contributed by atoms with Crippen LogP contribution in [0.15, 0.2) is 36.7 Å². The third-order valence-corrected chi connectivity index (χ3v) is 4.59. The lowest BCUT2D eigenvalue weighted by molar-refractivity contribution is -0.0906. The van der Waals surface area contributed by atoms with Crippen LogP contribution < -0.4 is 5.32 Å². The molecule has 3 rings (SSSR count). The molecule has 1 aliphatic rings. The fraction of sp³-hybridized carbons (Fsp3) is 0.500. The Balaban J connectivity index is 1.55. The van der Waals surface area contributed by atoms with Crippen molar-refractivity contribution in [2.75, 3.05) is 26.2 Å². The van der Waals surface area contributed by atoms with E-state index in [9.17, 15) is 4.79 Å². The summed E-state index contributed by atoms with van der Waals surface area (Å²) in [4.78, 5) is 14.3. The highest BCUT2D eigenvalue weighted by atomic mass is 16.5.